The van der Waals surface area contributed by atoms with Gasteiger partial charge in [-0.15, -0.1) is 5.10 Å². The molecule has 0 saturated carbocycles. The Labute approximate surface area is 127 Å². The van der Waals surface area contributed by atoms with Crippen LogP contribution in [0, 0.1) is 12.8 Å². The van der Waals surface area contributed by atoms with Gasteiger partial charge in [-0.2, -0.15) is 4.98 Å². The molecule has 2 rings (SSSR count). The molecule has 1 amide bonds. The number of amides is 1. The lowest BCUT2D eigenvalue weighted by Gasteiger charge is -2.16. The standard InChI is InChI=1S/C14H19N5O3/c1-8(2)10(4)16-11(20)7-22-13(21)12-17-14-15-6-5-9(3)19(14)18-12/h5-6,8,10H,7H2,1-4H3,(H,16,20). The molecule has 0 radical (unpaired) electrons. The molecule has 0 bridgehead atoms. The summed E-state index contributed by atoms with van der Waals surface area (Å²) < 4.78 is 6.36. The molecule has 1 unspecified atom stereocenters. The molecule has 0 aliphatic heterocycles. The van der Waals surface area contributed by atoms with E-state index in [9.17, 15) is 9.59 Å². The van der Waals surface area contributed by atoms with E-state index in [0.29, 0.717) is 11.7 Å². The number of carbonyl (C=O) groups excluding carboxylic acids is 2. The third kappa shape index (κ3) is 3.57. The maximum absolute atomic E-state index is 11.9. The van der Waals surface area contributed by atoms with E-state index in [-0.39, 0.29) is 24.4 Å². The molecule has 2 aromatic heterocycles. The molecule has 2 heterocycles. The molecule has 22 heavy (non-hydrogen) atoms. The Morgan fingerprint density at radius 1 is 1.36 bits per heavy atom. The van der Waals surface area contributed by atoms with E-state index in [2.05, 4.69) is 20.4 Å². The van der Waals surface area contributed by atoms with Crippen molar-refractivity contribution in [3.05, 3.63) is 23.8 Å². The molecule has 8 heteroatoms. The van der Waals surface area contributed by atoms with Crippen LogP contribution in [0.4, 0.5) is 0 Å². The van der Waals surface area contributed by atoms with Gasteiger partial charge in [0, 0.05) is 17.9 Å². The van der Waals surface area contributed by atoms with Crippen LogP contribution in [0.3, 0.4) is 0 Å². The summed E-state index contributed by atoms with van der Waals surface area (Å²) in [5.74, 6) is -0.616. The predicted octanol–water partition coefficient (Wildman–Crippen LogP) is 0.750. The van der Waals surface area contributed by atoms with Crippen molar-refractivity contribution in [2.45, 2.75) is 33.7 Å². The molecule has 1 atom stereocenters. The van der Waals surface area contributed by atoms with Crippen LogP contribution < -0.4 is 5.32 Å². The Morgan fingerprint density at radius 3 is 2.73 bits per heavy atom. The first-order valence-electron chi connectivity index (χ1n) is 7.03. The number of aryl methyl sites for hydroxylation is 1. The van der Waals surface area contributed by atoms with Crippen LogP contribution in [0.25, 0.3) is 5.78 Å². The first-order chi connectivity index (χ1) is 10.4. The van der Waals surface area contributed by atoms with E-state index in [1.807, 2.05) is 27.7 Å². The average Bonchev–Trinajstić information content (AvgIpc) is 2.90. The van der Waals surface area contributed by atoms with Crippen LogP contribution in [0.15, 0.2) is 12.3 Å². The second-order valence-corrected chi connectivity index (χ2v) is 5.41. The number of aromatic nitrogens is 4. The summed E-state index contributed by atoms with van der Waals surface area (Å²) in [5.41, 5.74) is 0.792. The average molecular weight is 305 g/mol. The lowest BCUT2D eigenvalue weighted by molar-refractivity contribution is -0.125. The van der Waals surface area contributed by atoms with Gasteiger partial charge in [0.1, 0.15) is 0 Å². The van der Waals surface area contributed by atoms with Crippen LogP contribution in [0.5, 0.6) is 0 Å². The van der Waals surface area contributed by atoms with Crippen molar-refractivity contribution in [1.82, 2.24) is 24.9 Å². The molecule has 0 aliphatic rings. The van der Waals surface area contributed by atoms with Crippen molar-refractivity contribution in [1.29, 1.82) is 0 Å². The number of carbonyl (C=O) groups is 2. The van der Waals surface area contributed by atoms with E-state index in [1.165, 1.54) is 4.52 Å². The van der Waals surface area contributed by atoms with E-state index in [0.717, 1.165) is 5.69 Å². The minimum absolute atomic E-state index is 0.00590. The highest BCUT2D eigenvalue weighted by Crippen LogP contribution is 2.03. The van der Waals surface area contributed by atoms with Gasteiger partial charge in [0.25, 0.3) is 17.5 Å². The van der Waals surface area contributed by atoms with Gasteiger partial charge in [-0.3, -0.25) is 4.79 Å². The van der Waals surface area contributed by atoms with Gasteiger partial charge in [0.2, 0.25) is 0 Å². The molecule has 0 aromatic carbocycles. The fraction of sp³-hybridized carbons (Fsp3) is 0.500. The molecule has 1 N–H and O–H groups in total. The monoisotopic (exact) mass is 305 g/mol. The molecule has 0 aliphatic carbocycles. The summed E-state index contributed by atoms with van der Waals surface area (Å²) in [6, 6.07) is 1.75. The number of rotatable bonds is 5. The molecular weight excluding hydrogens is 286 g/mol. The van der Waals surface area contributed by atoms with Gasteiger partial charge in [-0.05, 0) is 25.8 Å². The molecular formula is C14H19N5O3. The lowest BCUT2D eigenvalue weighted by Crippen LogP contribution is -2.38. The Hall–Kier alpha value is -2.51. The van der Waals surface area contributed by atoms with Gasteiger partial charge < -0.3 is 10.1 Å². The van der Waals surface area contributed by atoms with Gasteiger partial charge >= 0.3 is 5.97 Å². The highest BCUT2D eigenvalue weighted by molar-refractivity contribution is 5.88. The lowest BCUT2D eigenvalue weighted by atomic mass is 10.1. The molecule has 8 nitrogen and oxygen atoms in total. The summed E-state index contributed by atoms with van der Waals surface area (Å²) in [4.78, 5) is 31.5. The van der Waals surface area contributed by atoms with Crippen LogP contribution in [0.2, 0.25) is 0 Å². The third-order valence-corrected chi connectivity index (χ3v) is 3.34. The van der Waals surface area contributed by atoms with Gasteiger partial charge in [0.05, 0.1) is 0 Å². The van der Waals surface area contributed by atoms with Gasteiger partial charge in [-0.1, -0.05) is 13.8 Å². The summed E-state index contributed by atoms with van der Waals surface area (Å²) in [5, 5.41) is 6.76. The summed E-state index contributed by atoms with van der Waals surface area (Å²) in [6.45, 7) is 7.33. The van der Waals surface area contributed by atoms with Crippen LogP contribution in [0.1, 0.15) is 37.1 Å². The van der Waals surface area contributed by atoms with Crippen LogP contribution in [-0.4, -0.2) is 44.1 Å². The second kappa shape index (κ2) is 6.50. The van der Waals surface area contributed by atoms with Crippen LogP contribution in [-0.2, 0) is 9.53 Å². The Balaban J connectivity index is 1.97. The first kappa shape index (κ1) is 15.9. The highest BCUT2D eigenvalue weighted by atomic mass is 16.5. The van der Waals surface area contributed by atoms with Crippen molar-refractivity contribution in [2.24, 2.45) is 5.92 Å². The summed E-state index contributed by atoms with van der Waals surface area (Å²) in [7, 11) is 0. The van der Waals surface area contributed by atoms with Crippen molar-refractivity contribution in [3.8, 4) is 0 Å². The molecule has 2 aromatic rings. The fourth-order valence-electron chi connectivity index (χ4n) is 1.65. The number of ether oxygens (including phenoxy) is 1. The molecule has 118 valence electrons. The van der Waals surface area contributed by atoms with E-state index >= 15 is 0 Å². The van der Waals surface area contributed by atoms with Gasteiger partial charge in [0.15, 0.2) is 6.61 Å². The first-order valence-corrected chi connectivity index (χ1v) is 7.03. The minimum atomic E-state index is -0.753. The summed E-state index contributed by atoms with van der Waals surface area (Å²) in [6.07, 6.45) is 1.58. The van der Waals surface area contributed by atoms with Gasteiger partial charge in [-0.25, -0.2) is 14.3 Å². The molecule has 0 fully saturated rings. The largest absolute Gasteiger partial charge is 0.450 e. The number of hydrogen-bond acceptors (Lipinski definition) is 6. The number of nitrogens with one attached hydrogen (secondary N) is 1. The molecule has 0 spiro atoms. The highest BCUT2D eigenvalue weighted by Gasteiger charge is 2.18. The van der Waals surface area contributed by atoms with Crippen molar-refractivity contribution >= 4 is 17.7 Å². The normalized spacial score (nSPS) is 12.4. The second-order valence-electron chi connectivity index (χ2n) is 5.41. The number of hydrogen-bond donors (Lipinski definition) is 1. The zero-order valence-corrected chi connectivity index (χ0v) is 13.0. The fourth-order valence-corrected chi connectivity index (χ4v) is 1.65. The smallest absolute Gasteiger partial charge is 0.378 e. The van der Waals surface area contributed by atoms with Crippen molar-refractivity contribution in [2.75, 3.05) is 6.61 Å². The third-order valence-electron chi connectivity index (χ3n) is 3.34. The van der Waals surface area contributed by atoms with Crippen molar-refractivity contribution in [3.63, 3.8) is 0 Å². The summed E-state index contributed by atoms with van der Waals surface area (Å²) >= 11 is 0. The quantitative estimate of drug-likeness (QED) is 0.818. The Kier molecular flexibility index (Phi) is 4.69. The van der Waals surface area contributed by atoms with E-state index < -0.39 is 5.97 Å². The zero-order chi connectivity index (χ0) is 16.3. The SMILES string of the molecule is Cc1ccnc2nc(C(=O)OCC(=O)NC(C)C(C)C)nn12. The van der Waals surface area contributed by atoms with E-state index in [4.69, 9.17) is 4.74 Å². The zero-order valence-electron chi connectivity index (χ0n) is 13.0. The number of esters is 1. The minimum Gasteiger partial charge on any atom is -0.450 e. The maximum Gasteiger partial charge on any atom is 0.378 e. The van der Waals surface area contributed by atoms with Crippen molar-refractivity contribution < 1.29 is 14.3 Å². The molecule has 0 saturated heterocycles. The van der Waals surface area contributed by atoms with E-state index in [1.54, 1.807) is 12.3 Å². The maximum atomic E-state index is 11.9. The predicted molar refractivity (Wildman–Crippen MR) is 78.2 cm³/mol. The Bertz CT molecular complexity index is 695. The van der Waals surface area contributed by atoms with Crippen LogP contribution >= 0.6 is 0 Å². The number of nitrogens with zero attached hydrogens (tertiary/aromatic N) is 4. The Morgan fingerprint density at radius 2 is 2.09 bits per heavy atom. The topological polar surface area (TPSA) is 98.5 Å². The number of fused-ring (bicyclic) bond motifs is 1.